The number of nitrogens with two attached hydrogens (primary N) is 1. The second-order valence-electron chi connectivity index (χ2n) is 13.6. The van der Waals surface area contributed by atoms with Crippen LogP contribution in [0.25, 0.3) is 22.0 Å². The number of ether oxygens (including phenoxy) is 2. The first-order valence-corrected chi connectivity index (χ1v) is 17.0. The number of anilines is 3. The molecule has 52 heavy (non-hydrogen) atoms. The third kappa shape index (κ3) is 7.93. The van der Waals surface area contributed by atoms with Crippen molar-refractivity contribution in [3.05, 3.63) is 113 Å². The molecule has 3 heterocycles. The lowest BCUT2D eigenvalue weighted by atomic mass is 9.85. The highest BCUT2D eigenvalue weighted by Gasteiger charge is 2.24. The van der Waals surface area contributed by atoms with Gasteiger partial charge in [-0.2, -0.15) is 0 Å². The lowest BCUT2D eigenvalue weighted by Crippen LogP contribution is -2.40. The molecule has 2 amide bonds. The number of halogens is 1. The predicted octanol–water partition coefficient (Wildman–Crippen LogP) is 6.72. The molecular weight excluding hydrogens is 663 g/mol. The van der Waals surface area contributed by atoms with E-state index in [1.54, 1.807) is 47.6 Å². The number of esters is 1. The highest BCUT2D eigenvalue weighted by Crippen LogP contribution is 2.36. The molecule has 1 aliphatic rings. The smallest absolute Gasteiger partial charge is 0.302 e. The fraction of sp³-hybridized carbons (Fsp3) is 0.275. The highest BCUT2D eigenvalue weighted by molar-refractivity contribution is 6.07. The molecule has 1 aliphatic heterocycles. The molecule has 5 aromatic rings. The summed E-state index contributed by atoms with van der Waals surface area (Å²) >= 11 is 0. The van der Waals surface area contributed by atoms with Gasteiger partial charge in [0.1, 0.15) is 18.2 Å². The number of nitrogens with one attached hydrogen (secondary N) is 2. The first kappa shape index (κ1) is 36.1. The first-order chi connectivity index (χ1) is 24.9. The number of aromatic nitrogens is 2. The van der Waals surface area contributed by atoms with Gasteiger partial charge in [-0.15, -0.1) is 0 Å². The molecule has 1 saturated heterocycles. The number of carbonyl (C=O) groups is 3. The molecule has 0 spiro atoms. The molecule has 4 N–H and O–H groups in total. The summed E-state index contributed by atoms with van der Waals surface area (Å²) in [6, 6.07) is 19.5. The minimum atomic E-state index is -0.675. The van der Waals surface area contributed by atoms with Gasteiger partial charge in [-0.1, -0.05) is 45.0 Å². The second kappa shape index (κ2) is 15.3. The number of hydrogen-bond donors (Lipinski definition) is 3. The van der Waals surface area contributed by atoms with Crippen LogP contribution in [-0.2, 0) is 32.8 Å². The Hall–Kier alpha value is -5.72. The Kier molecular flexibility index (Phi) is 10.6. The van der Waals surface area contributed by atoms with Crippen molar-refractivity contribution in [3.63, 3.8) is 0 Å². The summed E-state index contributed by atoms with van der Waals surface area (Å²) in [5, 5.41) is 7.02. The summed E-state index contributed by atoms with van der Waals surface area (Å²) in [4.78, 5) is 49.6. The number of benzene rings is 3. The Morgan fingerprint density at radius 1 is 0.981 bits per heavy atom. The number of hydrogen-bond acceptors (Lipinski definition) is 9. The van der Waals surface area contributed by atoms with Crippen molar-refractivity contribution in [1.82, 2.24) is 14.9 Å². The van der Waals surface area contributed by atoms with Crippen molar-refractivity contribution in [2.75, 3.05) is 36.9 Å². The maximum Gasteiger partial charge on any atom is 0.302 e. The minimum absolute atomic E-state index is 0.0351. The summed E-state index contributed by atoms with van der Waals surface area (Å²) in [7, 11) is 0. The molecule has 268 valence electrons. The van der Waals surface area contributed by atoms with Gasteiger partial charge < -0.3 is 30.7 Å². The number of rotatable bonds is 9. The van der Waals surface area contributed by atoms with Crippen LogP contribution >= 0.6 is 0 Å². The number of amides is 2. The fourth-order valence-corrected chi connectivity index (χ4v) is 6.12. The number of nitrogens with zero attached hydrogens (tertiary/aromatic N) is 3. The second-order valence-corrected chi connectivity index (χ2v) is 13.6. The quantitative estimate of drug-likeness (QED) is 0.142. The van der Waals surface area contributed by atoms with Crippen molar-refractivity contribution in [2.45, 2.75) is 46.3 Å². The lowest BCUT2D eigenvalue weighted by molar-refractivity contribution is -0.142. The zero-order chi connectivity index (χ0) is 37.0. The highest BCUT2D eigenvalue weighted by atomic mass is 19.1. The van der Waals surface area contributed by atoms with E-state index in [-0.39, 0.29) is 30.0 Å². The van der Waals surface area contributed by atoms with Gasteiger partial charge in [-0.25, -0.2) is 9.37 Å². The number of pyridine rings is 2. The Morgan fingerprint density at radius 3 is 2.46 bits per heavy atom. The average molecular weight is 705 g/mol. The minimum Gasteiger partial charge on any atom is -0.461 e. The molecule has 0 unspecified atom stereocenters. The number of morpholine rings is 1. The molecule has 0 bridgehead atoms. The van der Waals surface area contributed by atoms with Gasteiger partial charge in [-0.3, -0.25) is 19.4 Å². The van der Waals surface area contributed by atoms with E-state index in [1.807, 2.05) is 51.1 Å². The van der Waals surface area contributed by atoms with Gasteiger partial charge >= 0.3 is 5.97 Å². The van der Waals surface area contributed by atoms with Crippen molar-refractivity contribution >= 4 is 45.9 Å². The topological polar surface area (TPSA) is 149 Å². The molecule has 3 aromatic carbocycles. The number of fused-ring (bicyclic) bond motifs is 1. The Balaban J connectivity index is 1.36. The van der Waals surface area contributed by atoms with Crippen LogP contribution in [0.3, 0.4) is 0 Å². The molecular formula is C40H41FN6O5. The van der Waals surface area contributed by atoms with Gasteiger partial charge in [0.2, 0.25) is 0 Å². The van der Waals surface area contributed by atoms with Gasteiger partial charge in [0, 0.05) is 55.6 Å². The molecule has 6 rings (SSSR count). The first-order valence-electron chi connectivity index (χ1n) is 17.0. The van der Waals surface area contributed by atoms with E-state index in [1.165, 1.54) is 13.0 Å². The zero-order valence-electron chi connectivity index (χ0n) is 29.6. The van der Waals surface area contributed by atoms with Crippen LogP contribution in [0, 0.1) is 5.82 Å². The lowest BCUT2D eigenvalue weighted by Gasteiger charge is -2.26. The van der Waals surface area contributed by atoms with E-state index in [0.717, 1.165) is 16.5 Å². The third-order valence-corrected chi connectivity index (χ3v) is 8.92. The van der Waals surface area contributed by atoms with E-state index < -0.39 is 17.7 Å². The monoisotopic (exact) mass is 704 g/mol. The number of carbonyl (C=O) groups excluding carboxylic acids is 3. The van der Waals surface area contributed by atoms with Crippen molar-refractivity contribution in [3.8, 4) is 11.1 Å². The summed E-state index contributed by atoms with van der Waals surface area (Å²) in [6.07, 6.45) is 3.23. The van der Waals surface area contributed by atoms with Crippen LogP contribution in [0.4, 0.5) is 21.6 Å². The molecule has 0 aliphatic carbocycles. The molecule has 11 nitrogen and oxygen atoms in total. The van der Waals surface area contributed by atoms with Crippen molar-refractivity contribution in [2.24, 2.45) is 5.73 Å². The molecule has 1 fully saturated rings. The van der Waals surface area contributed by atoms with Gasteiger partial charge in [0.25, 0.3) is 11.8 Å². The predicted molar refractivity (Wildman–Crippen MR) is 198 cm³/mol. The zero-order valence-corrected chi connectivity index (χ0v) is 29.6. The molecule has 0 saturated carbocycles. The van der Waals surface area contributed by atoms with Crippen molar-refractivity contribution in [1.29, 1.82) is 0 Å². The fourth-order valence-electron chi connectivity index (χ4n) is 6.12. The molecule has 12 heteroatoms. The summed E-state index contributed by atoms with van der Waals surface area (Å²) in [6.45, 7) is 9.06. The summed E-state index contributed by atoms with van der Waals surface area (Å²) in [5.74, 6) is -1.46. The van der Waals surface area contributed by atoms with E-state index in [9.17, 15) is 14.4 Å². The normalized spacial score (nSPS) is 13.2. The van der Waals surface area contributed by atoms with E-state index in [4.69, 9.17) is 15.2 Å². The summed E-state index contributed by atoms with van der Waals surface area (Å²) in [5.41, 5.74) is 10.6. The van der Waals surface area contributed by atoms with E-state index >= 15 is 4.39 Å². The van der Waals surface area contributed by atoms with E-state index in [2.05, 4.69) is 20.6 Å². The van der Waals surface area contributed by atoms with Crippen LogP contribution in [0.5, 0.6) is 0 Å². The Morgan fingerprint density at radius 2 is 1.77 bits per heavy atom. The van der Waals surface area contributed by atoms with Crippen LogP contribution in [0.1, 0.15) is 65.1 Å². The third-order valence-electron chi connectivity index (χ3n) is 8.92. The van der Waals surface area contributed by atoms with E-state index in [0.29, 0.717) is 71.3 Å². The van der Waals surface area contributed by atoms with Gasteiger partial charge in [-0.05, 0) is 70.1 Å². The maximum atomic E-state index is 15.6. The standard InChI is InChI=1S/C40H41FN6O5/c1-24(48)52-23-31-30(8-5-9-33(31)46-38(49)36-28(21-42)18-29(20-32(36)41)40(2,3)4)27-17-25-7-6-12-43-37(25)34(19-27)45-35-11-10-26(22-44-35)39(50)47-13-15-51-16-14-47/h5-12,17-20,22H,13-16,21,23,42H2,1-4H3,(H,44,45)(H,46,49). The van der Waals surface area contributed by atoms with Gasteiger partial charge in [0.15, 0.2) is 0 Å². The Bertz CT molecular complexity index is 2140. The van der Waals surface area contributed by atoms with Gasteiger partial charge in [0.05, 0.1) is 35.5 Å². The van der Waals surface area contributed by atoms with Crippen molar-refractivity contribution < 1.29 is 28.2 Å². The maximum absolute atomic E-state index is 15.6. The molecule has 2 aromatic heterocycles. The van der Waals surface area contributed by atoms with Crippen LogP contribution in [0.2, 0.25) is 0 Å². The van der Waals surface area contributed by atoms with Crippen LogP contribution in [-0.4, -0.2) is 59.0 Å². The average Bonchev–Trinajstić information content (AvgIpc) is 3.13. The van der Waals surface area contributed by atoms with Crippen LogP contribution in [0.15, 0.2) is 79.1 Å². The molecule has 0 radical (unpaired) electrons. The molecule has 0 atom stereocenters. The SMILES string of the molecule is CC(=O)OCc1c(NC(=O)c2c(F)cc(C(C)(C)C)cc2CN)cccc1-c1cc(Nc2ccc(C(=O)N3CCOCC3)cn2)c2ncccc2c1. The summed E-state index contributed by atoms with van der Waals surface area (Å²) < 4.78 is 26.4. The largest absolute Gasteiger partial charge is 0.461 e. The Labute approximate surface area is 301 Å². The van der Waals surface area contributed by atoms with Crippen LogP contribution < -0.4 is 16.4 Å².